The zero-order valence-corrected chi connectivity index (χ0v) is 10.5. The normalized spacial score (nSPS) is 13.9. The zero-order valence-electron chi connectivity index (χ0n) is 10.5. The highest BCUT2D eigenvalue weighted by Crippen LogP contribution is 2.29. The number of hydrogen-bond acceptors (Lipinski definition) is 2. The quantitative estimate of drug-likeness (QED) is 0.870. The van der Waals surface area contributed by atoms with Gasteiger partial charge in [0.15, 0.2) is 0 Å². The summed E-state index contributed by atoms with van der Waals surface area (Å²) >= 11 is 0. The van der Waals surface area contributed by atoms with Gasteiger partial charge < -0.3 is 5.11 Å². The van der Waals surface area contributed by atoms with Crippen molar-refractivity contribution in [3.8, 4) is 0 Å². The van der Waals surface area contributed by atoms with Crippen LogP contribution < -0.4 is 0 Å². The van der Waals surface area contributed by atoms with Gasteiger partial charge in [0, 0.05) is 6.20 Å². The average molecular weight is 261 g/mol. The summed E-state index contributed by atoms with van der Waals surface area (Å²) in [4.78, 5) is 3.67. The summed E-state index contributed by atoms with van der Waals surface area (Å²) < 4.78 is 36.9. The Morgan fingerprint density at radius 1 is 1.22 bits per heavy atom. The van der Waals surface area contributed by atoms with Crippen LogP contribution >= 0.6 is 0 Å². The number of nitrogens with zero attached hydrogens (tertiary/aromatic N) is 1. The summed E-state index contributed by atoms with van der Waals surface area (Å²) in [6, 6.07) is 2.19. The molecule has 1 heterocycles. The Balaban J connectivity index is 2.56. The highest BCUT2D eigenvalue weighted by atomic mass is 19.4. The number of pyridine rings is 1. The van der Waals surface area contributed by atoms with Gasteiger partial charge in [0.1, 0.15) is 0 Å². The number of rotatable bonds is 5. The summed E-state index contributed by atoms with van der Waals surface area (Å²) in [5, 5.41) is 9.78. The van der Waals surface area contributed by atoms with E-state index in [0.717, 1.165) is 25.1 Å². The molecule has 1 aromatic rings. The van der Waals surface area contributed by atoms with Gasteiger partial charge in [0.2, 0.25) is 0 Å². The summed E-state index contributed by atoms with van der Waals surface area (Å²) in [6.45, 7) is 4.17. The lowest BCUT2D eigenvalue weighted by atomic mass is 10.0. The van der Waals surface area contributed by atoms with Crippen LogP contribution in [-0.4, -0.2) is 10.1 Å². The fourth-order valence-corrected chi connectivity index (χ4v) is 1.64. The number of hydrogen-bond donors (Lipinski definition) is 1. The molecule has 0 bridgehead atoms. The van der Waals surface area contributed by atoms with Crippen LogP contribution in [0.2, 0.25) is 0 Å². The van der Waals surface area contributed by atoms with Crippen molar-refractivity contribution in [3.63, 3.8) is 0 Å². The van der Waals surface area contributed by atoms with Gasteiger partial charge in [-0.25, -0.2) is 0 Å². The molecule has 0 saturated heterocycles. The van der Waals surface area contributed by atoms with E-state index in [-0.39, 0.29) is 0 Å². The molecule has 5 heteroatoms. The van der Waals surface area contributed by atoms with E-state index in [1.807, 2.05) is 0 Å². The van der Waals surface area contributed by atoms with Crippen LogP contribution in [0.3, 0.4) is 0 Å². The highest BCUT2D eigenvalue weighted by Gasteiger charge is 2.30. The second-order valence-electron chi connectivity index (χ2n) is 4.81. The number of aromatic nitrogens is 1. The molecular formula is C13H18F3NO. The predicted molar refractivity (Wildman–Crippen MR) is 62.9 cm³/mol. The fourth-order valence-electron chi connectivity index (χ4n) is 1.64. The van der Waals surface area contributed by atoms with Gasteiger partial charge in [-0.15, -0.1) is 0 Å². The molecule has 0 aliphatic heterocycles. The van der Waals surface area contributed by atoms with Crippen molar-refractivity contribution in [2.75, 3.05) is 0 Å². The van der Waals surface area contributed by atoms with Gasteiger partial charge in [0.05, 0.1) is 17.4 Å². The molecule has 0 spiro atoms. The van der Waals surface area contributed by atoms with Crippen LogP contribution in [-0.2, 0) is 6.18 Å². The Kier molecular flexibility index (Phi) is 5.14. The van der Waals surface area contributed by atoms with Crippen molar-refractivity contribution in [2.45, 2.75) is 45.4 Å². The lowest BCUT2D eigenvalue weighted by Gasteiger charge is -2.12. The Bertz CT molecular complexity index is 359. The third-order valence-corrected chi connectivity index (χ3v) is 2.71. The molecule has 102 valence electrons. The molecule has 1 rings (SSSR count). The molecule has 1 N–H and O–H groups in total. The smallest absolute Gasteiger partial charge is 0.387 e. The van der Waals surface area contributed by atoms with Crippen molar-refractivity contribution in [2.24, 2.45) is 5.92 Å². The first-order valence-electron chi connectivity index (χ1n) is 6.02. The number of halogens is 3. The molecule has 18 heavy (non-hydrogen) atoms. The maximum Gasteiger partial charge on any atom is 0.417 e. The lowest BCUT2D eigenvalue weighted by Crippen LogP contribution is -2.07. The van der Waals surface area contributed by atoms with Crippen molar-refractivity contribution in [1.82, 2.24) is 4.98 Å². The third kappa shape index (κ3) is 4.64. The Hall–Kier alpha value is -1.10. The standard InChI is InChI=1S/C13H18F3NO/c1-9(2)4-3-5-12(18)11-7-6-10(8-17-11)13(14,15)16/h6-9,12,18H,3-5H2,1-2H3. The number of aliphatic hydroxyl groups is 1. The Morgan fingerprint density at radius 2 is 1.89 bits per heavy atom. The third-order valence-electron chi connectivity index (χ3n) is 2.71. The lowest BCUT2D eigenvalue weighted by molar-refractivity contribution is -0.137. The number of aliphatic hydroxyl groups excluding tert-OH is 1. The summed E-state index contributed by atoms with van der Waals surface area (Å²) in [7, 11) is 0. The topological polar surface area (TPSA) is 33.1 Å². The largest absolute Gasteiger partial charge is 0.417 e. The van der Waals surface area contributed by atoms with Gasteiger partial charge in [-0.2, -0.15) is 13.2 Å². The first kappa shape index (κ1) is 15.0. The Morgan fingerprint density at radius 3 is 2.33 bits per heavy atom. The van der Waals surface area contributed by atoms with Crippen LogP contribution in [0, 0.1) is 5.92 Å². The van der Waals surface area contributed by atoms with Gasteiger partial charge in [-0.3, -0.25) is 4.98 Å². The summed E-state index contributed by atoms with van der Waals surface area (Å²) in [5.74, 6) is 0.553. The zero-order chi connectivity index (χ0) is 13.8. The molecule has 1 atom stereocenters. The molecule has 0 radical (unpaired) electrons. The van der Waals surface area contributed by atoms with E-state index in [0.29, 0.717) is 18.0 Å². The maximum atomic E-state index is 12.3. The fraction of sp³-hybridized carbons (Fsp3) is 0.615. The molecule has 2 nitrogen and oxygen atoms in total. The molecule has 0 aromatic carbocycles. The predicted octanol–water partition coefficient (Wildman–Crippen LogP) is 3.96. The van der Waals surface area contributed by atoms with Gasteiger partial charge in [-0.1, -0.05) is 26.7 Å². The second-order valence-corrected chi connectivity index (χ2v) is 4.81. The van der Waals surface area contributed by atoms with Crippen LogP contribution in [0.25, 0.3) is 0 Å². The summed E-state index contributed by atoms with van der Waals surface area (Å²) in [5.41, 5.74) is -0.493. The van der Waals surface area contributed by atoms with Gasteiger partial charge in [0.25, 0.3) is 0 Å². The van der Waals surface area contributed by atoms with Crippen LogP contribution in [0.5, 0.6) is 0 Å². The van der Waals surface area contributed by atoms with E-state index < -0.39 is 17.8 Å². The van der Waals surface area contributed by atoms with E-state index in [4.69, 9.17) is 0 Å². The molecule has 1 aromatic heterocycles. The van der Waals surface area contributed by atoms with Crippen LogP contribution in [0.1, 0.15) is 50.5 Å². The molecule has 1 unspecified atom stereocenters. The minimum atomic E-state index is -4.38. The summed E-state index contributed by atoms with van der Waals surface area (Å²) in [6.07, 6.45) is -2.06. The van der Waals surface area contributed by atoms with Gasteiger partial charge >= 0.3 is 6.18 Å². The van der Waals surface area contributed by atoms with E-state index in [1.165, 1.54) is 6.07 Å². The van der Waals surface area contributed by atoms with Gasteiger partial charge in [-0.05, 0) is 24.5 Å². The Labute approximate surface area is 105 Å². The monoisotopic (exact) mass is 261 g/mol. The molecule has 0 aliphatic carbocycles. The SMILES string of the molecule is CC(C)CCCC(O)c1ccc(C(F)(F)F)cn1. The molecular weight excluding hydrogens is 243 g/mol. The second kappa shape index (κ2) is 6.18. The minimum Gasteiger partial charge on any atom is -0.387 e. The van der Waals surface area contributed by atoms with E-state index in [1.54, 1.807) is 0 Å². The highest BCUT2D eigenvalue weighted by molar-refractivity contribution is 5.18. The van der Waals surface area contributed by atoms with E-state index in [2.05, 4.69) is 18.8 Å². The van der Waals surface area contributed by atoms with Crippen LogP contribution in [0.15, 0.2) is 18.3 Å². The van der Waals surface area contributed by atoms with E-state index >= 15 is 0 Å². The first-order chi connectivity index (χ1) is 8.30. The molecule has 0 saturated carbocycles. The minimum absolute atomic E-state index is 0.298. The van der Waals surface area contributed by atoms with Crippen molar-refractivity contribution in [1.29, 1.82) is 0 Å². The number of alkyl halides is 3. The van der Waals surface area contributed by atoms with Crippen molar-refractivity contribution >= 4 is 0 Å². The molecule has 0 aliphatic rings. The first-order valence-corrected chi connectivity index (χ1v) is 6.02. The van der Waals surface area contributed by atoms with Crippen LogP contribution in [0.4, 0.5) is 13.2 Å². The molecule has 0 amide bonds. The molecule has 0 fully saturated rings. The van der Waals surface area contributed by atoms with Crippen molar-refractivity contribution in [3.05, 3.63) is 29.6 Å². The maximum absolute atomic E-state index is 12.3. The average Bonchev–Trinajstić information content (AvgIpc) is 2.27. The van der Waals surface area contributed by atoms with Crippen molar-refractivity contribution < 1.29 is 18.3 Å². The van der Waals surface area contributed by atoms with E-state index in [9.17, 15) is 18.3 Å².